The van der Waals surface area contributed by atoms with Gasteiger partial charge in [-0.25, -0.2) is 9.37 Å². The summed E-state index contributed by atoms with van der Waals surface area (Å²) in [5.74, 6) is 0.617. The molecule has 5 rings (SSSR count). The van der Waals surface area contributed by atoms with E-state index >= 15 is 0 Å². The zero-order valence-corrected chi connectivity index (χ0v) is 16.8. The van der Waals surface area contributed by atoms with Crippen LogP contribution in [-0.2, 0) is 6.42 Å². The van der Waals surface area contributed by atoms with Gasteiger partial charge in [-0.1, -0.05) is 18.2 Å². The Morgan fingerprint density at radius 2 is 1.74 bits per heavy atom. The predicted molar refractivity (Wildman–Crippen MR) is 117 cm³/mol. The lowest BCUT2D eigenvalue weighted by molar-refractivity contribution is 0.0948. The maximum atomic E-state index is 13.5. The van der Waals surface area contributed by atoms with E-state index in [1.807, 2.05) is 42.5 Å². The lowest BCUT2D eigenvalue weighted by atomic mass is 10.0. The van der Waals surface area contributed by atoms with Crippen molar-refractivity contribution in [2.45, 2.75) is 18.9 Å². The molecule has 0 spiro atoms. The Labute approximate surface area is 179 Å². The SMILES string of the molecule is O=C(NC[C@@H]1CCc2nc(-c3ccc(F)cc3)c(-c3ccncc3)n21)c1ccccc1. The number of hydrogen-bond acceptors (Lipinski definition) is 3. The molecule has 0 aliphatic carbocycles. The molecule has 1 amide bonds. The van der Waals surface area contributed by atoms with Gasteiger partial charge in [-0.15, -0.1) is 0 Å². The van der Waals surface area contributed by atoms with E-state index in [9.17, 15) is 9.18 Å². The number of nitrogens with zero attached hydrogens (tertiary/aromatic N) is 3. The van der Waals surface area contributed by atoms with Crippen LogP contribution in [0.5, 0.6) is 0 Å². The van der Waals surface area contributed by atoms with Crippen molar-refractivity contribution in [1.82, 2.24) is 19.9 Å². The second-order valence-corrected chi connectivity index (χ2v) is 7.61. The summed E-state index contributed by atoms with van der Waals surface area (Å²) in [6, 6.07) is 19.6. The Morgan fingerprint density at radius 3 is 2.48 bits per heavy atom. The zero-order valence-electron chi connectivity index (χ0n) is 16.8. The molecule has 0 saturated heterocycles. The second-order valence-electron chi connectivity index (χ2n) is 7.61. The average Bonchev–Trinajstić information content (AvgIpc) is 3.38. The van der Waals surface area contributed by atoms with Crippen molar-refractivity contribution in [3.63, 3.8) is 0 Å². The molecule has 154 valence electrons. The van der Waals surface area contributed by atoms with E-state index in [1.54, 1.807) is 24.5 Å². The topological polar surface area (TPSA) is 59.8 Å². The fourth-order valence-electron chi connectivity index (χ4n) is 4.16. The monoisotopic (exact) mass is 412 g/mol. The van der Waals surface area contributed by atoms with Gasteiger partial charge in [0.15, 0.2) is 0 Å². The summed E-state index contributed by atoms with van der Waals surface area (Å²) >= 11 is 0. The van der Waals surface area contributed by atoms with Crippen LogP contribution in [0.15, 0.2) is 79.1 Å². The van der Waals surface area contributed by atoms with Crippen LogP contribution in [0.1, 0.15) is 28.6 Å². The van der Waals surface area contributed by atoms with Gasteiger partial charge in [0.25, 0.3) is 5.91 Å². The molecule has 3 heterocycles. The minimum absolute atomic E-state index is 0.0848. The smallest absolute Gasteiger partial charge is 0.251 e. The first kappa shape index (κ1) is 19.2. The summed E-state index contributed by atoms with van der Waals surface area (Å²) in [7, 11) is 0. The Balaban J connectivity index is 1.50. The minimum Gasteiger partial charge on any atom is -0.350 e. The molecule has 1 N–H and O–H groups in total. The van der Waals surface area contributed by atoms with Gasteiger partial charge in [0.05, 0.1) is 17.4 Å². The summed E-state index contributed by atoms with van der Waals surface area (Å²) < 4.78 is 15.7. The number of carbonyl (C=O) groups is 1. The third kappa shape index (κ3) is 3.72. The molecular formula is C25H21FN4O. The van der Waals surface area contributed by atoms with Crippen molar-refractivity contribution in [1.29, 1.82) is 0 Å². The van der Waals surface area contributed by atoms with E-state index in [2.05, 4.69) is 14.9 Å². The van der Waals surface area contributed by atoms with Crippen molar-refractivity contribution in [2.24, 2.45) is 0 Å². The highest BCUT2D eigenvalue weighted by Crippen LogP contribution is 2.39. The maximum Gasteiger partial charge on any atom is 0.251 e. The van der Waals surface area contributed by atoms with E-state index in [-0.39, 0.29) is 17.8 Å². The number of aromatic nitrogens is 3. The van der Waals surface area contributed by atoms with E-state index in [1.165, 1.54) is 12.1 Å². The number of aryl methyl sites for hydroxylation is 1. The lowest BCUT2D eigenvalue weighted by Gasteiger charge is -2.18. The summed E-state index contributed by atoms with van der Waals surface area (Å²) in [5, 5.41) is 3.07. The molecule has 0 bridgehead atoms. The van der Waals surface area contributed by atoms with Gasteiger partial charge in [-0.2, -0.15) is 0 Å². The highest BCUT2D eigenvalue weighted by atomic mass is 19.1. The molecule has 1 aliphatic heterocycles. The number of hydrogen-bond donors (Lipinski definition) is 1. The molecule has 0 saturated carbocycles. The predicted octanol–water partition coefficient (Wildman–Crippen LogP) is 4.67. The Morgan fingerprint density at radius 1 is 1.00 bits per heavy atom. The maximum absolute atomic E-state index is 13.5. The summed E-state index contributed by atoms with van der Waals surface area (Å²) in [6.45, 7) is 0.512. The fraction of sp³-hybridized carbons (Fsp3) is 0.160. The Kier molecular flexibility index (Phi) is 5.04. The van der Waals surface area contributed by atoms with Gasteiger partial charge in [0.1, 0.15) is 11.6 Å². The molecule has 1 aliphatic rings. The van der Waals surface area contributed by atoms with Crippen LogP contribution < -0.4 is 5.32 Å². The van der Waals surface area contributed by atoms with Gasteiger partial charge >= 0.3 is 0 Å². The van der Waals surface area contributed by atoms with Crippen LogP contribution in [0.4, 0.5) is 4.39 Å². The Bertz CT molecular complexity index is 1200. The van der Waals surface area contributed by atoms with Gasteiger partial charge in [0, 0.05) is 42.0 Å². The Hall–Kier alpha value is -3.80. The van der Waals surface area contributed by atoms with E-state index < -0.39 is 0 Å². The van der Waals surface area contributed by atoms with Crippen molar-refractivity contribution < 1.29 is 9.18 Å². The molecule has 2 aromatic heterocycles. The molecule has 31 heavy (non-hydrogen) atoms. The first-order valence-electron chi connectivity index (χ1n) is 10.3. The van der Waals surface area contributed by atoms with Gasteiger partial charge in [-0.3, -0.25) is 9.78 Å². The molecule has 6 heteroatoms. The molecule has 2 aromatic carbocycles. The summed E-state index contributed by atoms with van der Waals surface area (Å²) in [6.07, 6.45) is 5.24. The number of fused-ring (bicyclic) bond motifs is 1. The van der Waals surface area contributed by atoms with Gasteiger partial charge in [-0.05, 0) is 55.0 Å². The molecule has 4 aromatic rings. The molecule has 1 atom stereocenters. The number of pyridine rings is 1. The zero-order chi connectivity index (χ0) is 21.2. The van der Waals surface area contributed by atoms with Gasteiger partial charge < -0.3 is 9.88 Å². The minimum atomic E-state index is -0.275. The molecule has 0 fully saturated rings. The quantitative estimate of drug-likeness (QED) is 0.518. The largest absolute Gasteiger partial charge is 0.350 e. The highest BCUT2D eigenvalue weighted by molar-refractivity contribution is 5.94. The van der Waals surface area contributed by atoms with Crippen LogP contribution in [0.25, 0.3) is 22.5 Å². The summed E-state index contributed by atoms with van der Waals surface area (Å²) in [4.78, 5) is 21.6. The van der Waals surface area contributed by atoms with Crippen molar-refractivity contribution >= 4 is 5.91 Å². The average molecular weight is 412 g/mol. The van der Waals surface area contributed by atoms with Crippen molar-refractivity contribution in [3.05, 3.63) is 96.3 Å². The third-order valence-corrected chi connectivity index (χ3v) is 5.66. The first-order chi connectivity index (χ1) is 15.2. The highest BCUT2D eigenvalue weighted by Gasteiger charge is 2.30. The van der Waals surface area contributed by atoms with Crippen LogP contribution >= 0.6 is 0 Å². The van der Waals surface area contributed by atoms with Gasteiger partial charge in [0.2, 0.25) is 0 Å². The second kappa shape index (κ2) is 8.14. The van der Waals surface area contributed by atoms with E-state index in [0.29, 0.717) is 12.1 Å². The third-order valence-electron chi connectivity index (χ3n) is 5.66. The summed E-state index contributed by atoms with van der Waals surface area (Å²) in [5.41, 5.74) is 4.30. The van der Waals surface area contributed by atoms with Crippen molar-refractivity contribution in [2.75, 3.05) is 6.54 Å². The number of imidazole rings is 1. The van der Waals surface area contributed by atoms with Crippen molar-refractivity contribution in [3.8, 4) is 22.5 Å². The van der Waals surface area contributed by atoms with Crippen LogP contribution in [0, 0.1) is 5.82 Å². The van der Waals surface area contributed by atoms with E-state index in [4.69, 9.17) is 4.98 Å². The molecular weight excluding hydrogens is 391 g/mol. The van der Waals surface area contributed by atoms with Crippen LogP contribution in [0.3, 0.4) is 0 Å². The molecule has 5 nitrogen and oxygen atoms in total. The van der Waals surface area contributed by atoms with E-state index in [0.717, 1.165) is 41.2 Å². The standard InChI is InChI=1S/C25H21FN4O/c26-20-8-6-17(7-9-20)23-24(18-12-14-27-15-13-18)30-21(10-11-22(30)29-23)16-28-25(31)19-4-2-1-3-5-19/h1-9,12-15,21H,10-11,16H2,(H,28,31)/t21-/m0/s1. The number of halogens is 1. The number of benzene rings is 2. The van der Waals surface area contributed by atoms with Crippen LogP contribution in [0.2, 0.25) is 0 Å². The number of amides is 1. The molecule has 0 unspecified atom stereocenters. The fourth-order valence-corrected chi connectivity index (χ4v) is 4.16. The first-order valence-corrected chi connectivity index (χ1v) is 10.3. The number of carbonyl (C=O) groups excluding carboxylic acids is 1. The normalized spacial score (nSPS) is 14.9. The lowest BCUT2D eigenvalue weighted by Crippen LogP contribution is -2.29. The van der Waals surface area contributed by atoms with Crippen LogP contribution in [-0.4, -0.2) is 27.0 Å². The number of rotatable bonds is 5. The number of nitrogens with one attached hydrogen (secondary N) is 1. The molecule has 0 radical (unpaired) electrons.